The third kappa shape index (κ3) is 3.18. The lowest BCUT2D eigenvalue weighted by Gasteiger charge is -2.28. The zero-order chi connectivity index (χ0) is 11.4. The zero-order valence-corrected chi connectivity index (χ0v) is 9.78. The molecule has 3 atom stereocenters. The van der Waals surface area contributed by atoms with E-state index in [-0.39, 0.29) is 0 Å². The summed E-state index contributed by atoms with van der Waals surface area (Å²) in [6.07, 6.45) is 4.38. The van der Waals surface area contributed by atoms with Crippen LogP contribution >= 0.6 is 0 Å². The molecule has 1 aliphatic heterocycles. The fraction of sp³-hybridized carbons (Fsp3) is 0.909. The van der Waals surface area contributed by atoms with Gasteiger partial charge in [0.1, 0.15) is 0 Å². The summed E-state index contributed by atoms with van der Waals surface area (Å²) in [6.45, 7) is 5.35. The van der Waals surface area contributed by atoms with Crippen LogP contribution < -0.4 is 11.5 Å². The van der Waals surface area contributed by atoms with E-state index < -0.39 is 11.9 Å². The first-order valence-electron chi connectivity index (χ1n) is 5.86. The molecule has 1 aliphatic rings. The Morgan fingerprint density at radius 3 is 2.73 bits per heavy atom. The normalized spacial score (nSPS) is 29.3. The van der Waals surface area contributed by atoms with Gasteiger partial charge < -0.3 is 11.5 Å². The molecule has 1 heterocycles. The van der Waals surface area contributed by atoms with E-state index in [1.165, 1.54) is 19.3 Å². The third-order valence-electron chi connectivity index (χ3n) is 3.49. The van der Waals surface area contributed by atoms with Crippen LogP contribution in [0.5, 0.6) is 0 Å². The van der Waals surface area contributed by atoms with Gasteiger partial charge in [-0.15, -0.1) is 0 Å². The van der Waals surface area contributed by atoms with E-state index in [9.17, 15) is 4.79 Å². The van der Waals surface area contributed by atoms with Gasteiger partial charge in [-0.3, -0.25) is 9.69 Å². The van der Waals surface area contributed by atoms with Crippen molar-refractivity contribution in [1.82, 2.24) is 4.90 Å². The van der Waals surface area contributed by atoms with E-state index in [0.717, 1.165) is 6.54 Å². The maximum Gasteiger partial charge on any atom is 0.234 e. The fourth-order valence-electron chi connectivity index (χ4n) is 2.40. The first-order chi connectivity index (χ1) is 7.06. The van der Waals surface area contributed by atoms with Gasteiger partial charge in [0.25, 0.3) is 0 Å². The van der Waals surface area contributed by atoms with Crippen LogP contribution in [0.1, 0.15) is 39.5 Å². The summed E-state index contributed by atoms with van der Waals surface area (Å²) in [4.78, 5) is 13.3. The lowest BCUT2D eigenvalue weighted by Crippen LogP contribution is -2.42. The van der Waals surface area contributed by atoms with Crippen LogP contribution in [0.25, 0.3) is 0 Å². The molecular weight excluding hydrogens is 190 g/mol. The van der Waals surface area contributed by atoms with Crippen LogP contribution in [0, 0.1) is 0 Å². The van der Waals surface area contributed by atoms with Gasteiger partial charge in [0.15, 0.2) is 0 Å². The molecule has 15 heavy (non-hydrogen) atoms. The maximum absolute atomic E-state index is 10.8. The highest BCUT2D eigenvalue weighted by Crippen LogP contribution is 2.25. The first kappa shape index (κ1) is 12.5. The molecule has 1 saturated heterocycles. The summed E-state index contributed by atoms with van der Waals surface area (Å²) < 4.78 is 0. The Labute approximate surface area is 92.0 Å². The minimum atomic E-state index is -0.490. The van der Waals surface area contributed by atoms with Gasteiger partial charge in [-0.2, -0.15) is 0 Å². The first-order valence-corrected chi connectivity index (χ1v) is 5.86. The molecule has 88 valence electrons. The van der Waals surface area contributed by atoms with Gasteiger partial charge in [-0.1, -0.05) is 6.92 Å². The van der Waals surface area contributed by atoms with Crippen LogP contribution in [-0.2, 0) is 4.79 Å². The Balaban J connectivity index is 2.39. The third-order valence-corrected chi connectivity index (χ3v) is 3.49. The molecule has 0 aromatic carbocycles. The largest absolute Gasteiger partial charge is 0.368 e. The number of carbonyl (C=O) groups excluding carboxylic acids is 1. The van der Waals surface area contributed by atoms with Gasteiger partial charge >= 0.3 is 0 Å². The van der Waals surface area contributed by atoms with Crippen molar-refractivity contribution in [2.24, 2.45) is 11.5 Å². The second kappa shape index (κ2) is 5.47. The average molecular weight is 213 g/mol. The molecule has 1 amide bonds. The molecule has 4 heteroatoms. The zero-order valence-electron chi connectivity index (χ0n) is 9.78. The van der Waals surface area contributed by atoms with Gasteiger partial charge in [0.05, 0.1) is 6.04 Å². The summed E-state index contributed by atoms with van der Waals surface area (Å²) in [5, 5.41) is 0. The highest BCUT2D eigenvalue weighted by atomic mass is 16.1. The molecule has 4 N–H and O–H groups in total. The number of nitrogens with zero attached hydrogens (tertiary/aromatic N) is 1. The van der Waals surface area contributed by atoms with Crippen molar-refractivity contribution in [3.63, 3.8) is 0 Å². The van der Waals surface area contributed by atoms with E-state index in [2.05, 4.69) is 18.7 Å². The van der Waals surface area contributed by atoms with Crippen molar-refractivity contribution in [1.29, 1.82) is 0 Å². The van der Waals surface area contributed by atoms with Gasteiger partial charge in [0, 0.05) is 18.6 Å². The molecule has 0 bridgehead atoms. The smallest absolute Gasteiger partial charge is 0.234 e. The number of amides is 1. The number of nitrogens with two attached hydrogens (primary N) is 2. The highest BCUT2D eigenvalue weighted by molar-refractivity contribution is 5.79. The van der Waals surface area contributed by atoms with Gasteiger partial charge in [-0.25, -0.2) is 0 Å². The van der Waals surface area contributed by atoms with Crippen molar-refractivity contribution in [2.45, 2.75) is 57.7 Å². The Kier molecular flexibility index (Phi) is 4.54. The number of likely N-dealkylation sites (tertiary alicyclic amines) is 1. The molecule has 0 aromatic rings. The summed E-state index contributed by atoms with van der Waals surface area (Å²) in [7, 11) is 0. The van der Waals surface area contributed by atoms with Crippen LogP contribution in [0.4, 0.5) is 0 Å². The minimum Gasteiger partial charge on any atom is -0.368 e. The molecule has 4 nitrogen and oxygen atoms in total. The van der Waals surface area contributed by atoms with Crippen molar-refractivity contribution >= 4 is 5.91 Å². The van der Waals surface area contributed by atoms with Crippen LogP contribution in [0.15, 0.2) is 0 Å². The molecule has 0 spiro atoms. The van der Waals surface area contributed by atoms with E-state index in [0.29, 0.717) is 18.5 Å². The molecular formula is C11H23N3O. The lowest BCUT2D eigenvalue weighted by atomic mass is 10.1. The summed E-state index contributed by atoms with van der Waals surface area (Å²) >= 11 is 0. The summed E-state index contributed by atoms with van der Waals surface area (Å²) in [6, 6.07) is 0.797. The molecule has 0 saturated carbocycles. The predicted octanol–water partition coefficient (Wildman–Crippen LogP) is 0.452. The minimum absolute atomic E-state index is 0.394. The number of hydrogen-bond acceptors (Lipinski definition) is 3. The van der Waals surface area contributed by atoms with Gasteiger partial charge in [0.2, 0.25) is 5.91 Å². The van der Waals surface area contributed by atoms with Crippen LogP contribution in [0.3, 0.4) is 0 Å². The number of rotatable bonds is 5. The van der Waals surface area contributed by atoms with Crippen LogP contribution in [0.2, 0.25) is 0 Å². The van der Waals surface area contributed by atoms with E-state index in [1.54, 1.807) is 0 Å². The second-order valence-electron chi connectivity index (χ2n) is 4.52. The fourth-order valence-corrected chi connectivity index (χ4v) is 2.40. The Morgan fingerprint density at radius 1 is 1.53 bits per heavy atom. The Hall–Kier alpha value is -0.610. The van der Waals surface area contributed by atoms with E-state index in [1.807, 2.05) is 0 Å². The topological polar surface area (TPSA) is 72.3 Å². The molecule has 3 unspecified atom stereocenters. The lowest BCUT2D eigenvalue weighted by molar-refractivity contribution is -0.119. The Bertz CT molecular complexity index is 220. The van der Waals surface area contributed by atoms with E-state index in [4.69, 9.17) is 11.5 Å². The average Bonchev–Trinajstić information content (AvgIpc) is 2.55. The number of carbonyl (C=O) groups is 1. The molecule has 1 rings (SSSR count). The predicted molar refractivity (Wildman–Crippen MR) is 61.3 cm³/mol. The van der Waals surface area contributed by atoms with Crippen molar-refractivity contribution in [3.8, 4) is 0 Å². The van der Waals surface area contributed by atoms with Crippen molar-refractivity contribution in [2.75, 3.05) is 6.54 Å². The monoisotopic (exact) mass is 213 g/mol. The van der Waals surface area contributed by atoms with E-state index >= 15 is 0 Å². The molecule has 0 radical (unpaired) electrons. The second-order valence-corrected chi connectivity index (χ2v) is 4.52. The highest BCUT2D eigenvalue weighted by Gasteiger charge is 2.29. The molecule has 0 aromatic heterocycles. The summed E-state index contributed by atoms with van der Waals surface area (Å²) in [5.74, 6) is -0.394. The molecule has 0 aliphatic carbocycles. The van der Waals surface area contributed by atoms with Crippen molar-refractivity contribution in [3.05, 3.63) is 0 Å². The van der Waals surface area contributed by atoms with Gasteiger partial charge in [-0.05, 0) is 32.6 Å². The Morgan fingerprint density at radius 2 is 2.20 bits per heavy atom. The number of hydrogen-bond donors (Lipinski definition) is 2. The SMILES string of the molecule is CCC1CCC(C)N1CCC(N)C(N)=O. The van der Waals surface area contributed by atoms with Crippen molar-refractivity contribution < 1.29 is 4.79 Å². The molecule has 1 fully saturated rings. The number of primary amides is 1. The standard InChI is InChI=1S/C11H23N3O/c1-3-9-5-4-8(2)14(9)7-6-10(12)11(13)15/h8-10H,3-7,12H2,1-2H3,(H2,13,15). The quantitative estimate of drug-likeness (QED) is 0.696. The maximum atomic E-state index is 10.8. The summed E-state index contributed by atoms with van der Waals surface area (Å²) in [5.41, 5.74) is 10.8. The van der Waals surface area contributed by atoms with Crippen LogP contribution in [-0.4, -0.2) is 35.5 Å².